The molecule has 0 bridgehead atoms. The van der Waals surface area contributed by atoms with Crippen LogP contribution in [-0.2, 0) is 11.2 Å². The molecule has 0 radical (unpaired) electrons. The van der Waals surface area contributed by atoms with Crippen LogP contribution in [0.3, 0.4) is 0 Å². The molecule has 1 fully saturated rings. The summed E-state index contributed by atoms with van der Waals surface area (Å²) < 4.78 is 6.57. The third-order valence-corrected chi connectivity index (χ3v) is 3.92. The van der Waals surface area contributed by atoms with Crippen LogP contribution in [0, 0.1) is 0 Å². The minimum Gasteiger partial charge on any atom is -0.444 e. The average Bonchev–Trinajstić information content (AvgIpc) is 2.78. The maximum atomic E-state index is 12.2. The summed E-state index contributed by atoms with van der Waals surface area (Å²) in [4.78, 5) is 14.1. The summed E-state index contributed by atoms with van der Waals surface area (Å²) in [5, 5.41) is 0. The van der Waals surface area contributed by atoms with Gasteiger partial charge >= 0.3 is 6.09 Å². The molecule has 0 aliphatic carbocycles. The fourth-order valence-corrected chi connectivity index (χ4v) is 2.77. The van der Waals surface area contributed by atoms with Gasteiger partial charge in [0.1, 0.15) is 5.60 Å². The van der Waals surface area contributed by atoms with E-state index in [0.717, 1.165) is 30.3 Å². The van der Waals surface area contributed by atoms with Crippen LogP contribution in [0.1, 0.15) is 39.2 Å². The summed E-state index contributed by atoms with van der Waals surface area (Å²) in [5.74, 6) is 0. The van der Waals surface area contributed by atoms with E-state index in [1.54, 1.807) is 0 Å². The second-order valence-electron chi connectivity index (χ2n) is 6.30. The van der Waals surface area contributed by atoms with Crippen LogP contribution < -0.4 is 0 Å². The first kappa shape index (κ1) is 15.4. The molecule has 1 amide bonds. The van der Waals surface area contributed by atoms with Crippen molar-refractivity contribution >= 4 is 22.0 Å². The Labute approximate surface area is 129 Å². The van der Waals surface area contributed by atoms with Crippen LogP contribution in [0.4, 0.5) is 4.79 Å². The third-order valence-electron chi connectivity index (χ3n) is 3.39. The smallest absolute Gasteiger partial charge is 0.410 e. The van der Waals surface area contributed by atoms with E-state index in [0.29, 0.717) is 0 Å². The Bertz CT molecular complexity index is 464. The number of likely N-dealkylation sites (tertiary alicyclic amines) is 1. The highest BCUT2D eigenvalue weighted by Crippen LogP contribution is 2.24. The summed E-state index contributed by atoms with van der Waals surface area (Å²) in [6.45, 7) is 6.52. The molecule has 1 aliphatic rings. The summed E-state index contributed by atoms with van der Waals surface area (Å²) >= 11 is 3.44. The monoisotopic (exact) mass is 339 g/mol. The number of carbonyl (C=O) groups is 1. The molecule has 1 saturated heterocycles. The summed E-state index contributed by atoms with van der Waals surface area (Å²) in [6, 6.07) is 8.56. The number of rotatable bonds is 2. The molecule has 0 spiro atoms. The molecule has 20 heavy (non-hydrogen) atoms. The van der Waals surface area contributed by atoms with E-state index in [1.807, 2.05) is 37.8 Å². The second-order valence-corrected chi connectivity index (χ2v) is 7.22. The van der Waals surface area contributed by atoms with Crippen LogP contribution >= 0.6 is 15.9 Å². The number of halogens is 1. The molecule has 1 aromatic rings. The molecule has 1 aromatic carbocycles. The maximum absolute atomic E-state index is 12.2. The van der Waals surface area contributed by atoms with Crippen molar-refractivity contribution in [3.63, 3.8) is 0 Å². The number of benzene rings is 1. The Balaban J connectivity index is 2.00. The van der Waals surface area contributed by atoms with E-state index in [1.165, 1.54) is 5.56 Å². The zero-order valence-corrected chi connectivity index (χ0v) is 13.9. The predicted octanol–water partition coefficient (Wildman–Crippen LogP) is 4.39. The van der Waals surface area contributed by atoms with Crippen LogP contribution in [0.25, 0.3) is 0 Å². The van der Waals surface area contributed by atoms with Gasteiger partial charge in [0, 0.05) is 17.1 Å². The Kier molecular flexibility index (Phi) is 4.74. The number of ether oxygens (including phenoxy) is 1. The minimum atomic E-state index is -0.429. The number of hydrogen-bond donors (Lipinski definition) is 0. The third kappa shape index (κ3) is 4.23. The molecule has 1 heterocycles. The highest BCUT2D eigenvalue weighted by molar-refractivity contribution is 9.10. The van der Waals surface area contributed by atoms with E-state index in [-0.39, 0.29) is 12.1 Å². The van der Waals surface area contributed by atoms with Crippen LogP contribution in [0.2, 0.25) is 0 Å². The Morgan fingerprint density at radius 1 is 1.35 bits per heavy atom. The normalized spacial score (nSPS) is 19.2. The van der Waals surface area contributed by atoms with Crippen molar-refractivity contribution in [2.75, 3.05) is 6.54 Å². The van der Waals surface area contributed by atoms with Crippen molar-refractivity contribution in [2.45, 2.75) is 51.7 Å². The molecule has 2 rings (SSSR count). The molecular formula is C16H22BrNO2. The lowest BCUT2D eigenvalue weighted by molar-refractivity contribution is 0.0227. The van der Waals surface area contributed by atoms with E-state index in [9.17, 15) is 4.79 Å². The maximum Gasteiger partial charge on any atom is 0.410 e. The lowest BCUT2D eigenvalue weighted by atomic mass is 10.0. The number of amides is 1. The first-order valence-electron chi connectivity index (χ1n) is 7.09. The first-order valence-corrected chi connectivity index (χ1v) is 7.88. The molecule has 0 aromatic heterocycles. The van der Waals surface area contributed by atoms with E-state index >= 15 is 0 Å². The van der Waals surface area contributed by atoms with Crippen molar-refractivity contribution in [3.05, 3.63) is 34.3 Å². The summed E-state index contributed by atoms with van der Waals surface area (Å²) in [6.07, 6.45) is 2.82. The fourth-order valence-electron chi connectivity index (χ4n) is 2.50. The van der Waals surface area contributed by atoms with E-state index < -0.39 is 5.60 Å². The van der Waals surface area contributed by atoms with Gasteiger partial charge in [0.05, 0.1) is 0 Å². The summed E-state index contributed by atoms with van der Waals surface area (Å²) in [7, 11) is 0. The Morgan fingerprint density at radius 3 is 2.60 bits per heavy atom. The molecule has 110 valence electrons. The van der Waals surface area contributed by atoms with Crippen molar-refractivity contribution in [1.29, 1.82) is 0 Å². The fraction of sp³-hybridized carbons (Fsp3) is 0.562. The van der Waals surface area contributed by atoms with Gasteiger partial charge in [-0.05, 0) is 57.7 Å². The average molecular weight is 340 g/mol. The zero-order valence-electron chi connectivity index (χ0n) is 12.4. The summed E-state index contributed by atoms with van der Waals surface area (Å²) in [5.41, 5.74) is 0.829. The van der Waals surface area contributed by atoms with Gasteiger partial charge in [-0.25, -0.2) is 4.79 Å². The van der Waals surface area contributed by atoms with Crippen molar-refractivity contribution < 1.29 is 9.53 Å². The van der Waals surface area contributed by atoms with Gasteiger partial charge < -0.3 is 9.64 Å². The molecule has 4 heteroatoms. The quantitative estimate of drug-likeness (QED) is 0.799. The van der Waals surface area contributed by atoms with Crippen LogP contribution in [0.15, 0.2) is 28.7 Å². The number of hydrogen-bond acceptors (Lipinski definition) is 2. The molecule has 0 saturated carbocycles. The van der Waals surface area contributed by atoms with Gasteiger partial charge in [-0.15, -0.1) is 0 Å². The van der Waals surface area contributed by atoms with Gasteiger partial charge in [-0.3, -0.25) is 0 Å². The van der Waals surface area contributed by atoms with Crippen molar-refractivity contribution in [1.82, 2.24) is 4.90 Å². The van der Waals surface area contributed by atoms with E-state index in [2.05, 4.69) is 28.1 Å². The SMILES string of the molecule is CC(C)(C)OC(=O)N1CCC[C@@H]1Cc1ccc(Br)cc1. The highest BCUT2D eigenvalue weighted by atomic mass is 79.9. The highest BCUT2D eigenvalue weighted by Gasteiger charge is 2.31. The molecule has 0 N–H and O–H groups in total. The molecule has 3 nitrogen and oxygen atoms in total. The van der Waals surface area contributed by atoms with Gasteiger partial charge in [0.25, 0.3) is 0 Å². The molecule has 1 atom stereocenters. The largest absolute Gasteiger partial charge is 0.444 e. The Morgan fingerprint density at radius 2 is 2.00 bits per heavy atom. The van der Waals surface area contributed by atoms with Crippen LogP contribution in [-0.4, -0.2) is 29.2 Å². The standard InChI is InChI=1S/C16H22BrNO2/c1-16(2,3)20-15(19)18-10-4-5-14(18)11-12-6-8-13(17)9-7-12/h6-9,14H,4-5,10-11H2,1-3H3/t14-/m1/s1. The first-order chi connectivity index (χ1) is 9.35. The van der Waals surface area contributed by atoms with Crippen LogP contribution in [0.5, 0.6) is 0 Å². The zero-order chi connectivity index (χ0) is 14.8. The van der Waals surface area contributed by atoms with Crippen molar-refractivity contribution in [2.24, 2.45) is 0 Å². The number of nitrogens with zero attached hydrogens (tertiary/aromatic N) is 1. The van der Waals surface area contributed by atoms with Gasteiger partial charge in [-0.1, -0.05) is 28.1 Å². The lowest BCUT2D eigenvalue weighted by Gasteiger charge is -2.28. The Hall–Kier alpha value is -1.03. The molecular weight excluding hydrogens is 318 g/mol. The molecule has 0 unspecified atom stereocenters. The predicted molar refractivity (Wildman–Crippen MR) is 83.8 cm³/mol. The second kappa shape index (κ2) is 6.17. The van der Waals surface area contributed by atoms with Gasteiger partial charge in [0.15, 0.2) is 0 Å². The van der Waals surface area contributed by atoms with Crippen molar-refractivity contribution in [3.8, 4) is 0 Å². The van der Waals surface area contributed by atoms with Gasteiger partial charge in [-0.2, -0.15) is 0 Å². The number of carbonyl (C=O) groups excluding carboxylic acids is 1. The lowest BCUT2D eigenvalue weighted by Crippen LogP contribution is -2.40. The minimum absolute atomic E-state index is 0.183. The molecule has 1 aliphatic heterocycles. The topological polar surface area (TPSA) is 29.5 Å². The van der Waals surface area contributed by atoms with Gasteiger partial charge in [0.2, 0.25) is 0 Å². The van der Waals surface area contributed by atoms with E-state index in [4.69, 9.17) is 4.74 Å².